The Hall–Kier alpha value is -0.610. The third-order valence-electron chi connectivity index (χ3n) is 3.46. The van der Waals surface area contributed by atoms with Crippen molar-refractivity contribution in [2.45, 2.75) is 44.8 Å². The largest absolute Gasteiger partial charge is 0.375 e. The molecule has 2 atom stereocenters. The van der Waals surface area contributed by atoms with Gasteiger partial charge in [-0.3, -0.25) is 4.79 Å². The van der Waals surface area contributed by atoms with Crippen molar-refractivity contribution in [3.63, 3.8) is 0 Å². The number of nitrogens with zero attached hydrogens (tertiary/aromatic N) is 1. The van der Waals surface area contributed by atoms with Crippen LogP contribution in [0.15, 0.2) is 0 Å². The Kier molecular flexibility index (Phi) is 4.18. The molecule has 1 amide bonds. The molecule has 4 heteroatoms. The second-order valence-corrected chi connectivity index (χ2v) is 4.85. The summed E-state index contributed by atoms with van der Waals surface area (Å²) in [6.07, 6.45) is 4.36. The van der Waals surface area contributed by atoms with E-state index < -0.39 is 0 Å². The molecule has 0 saturated carbocycles. The molecule has 2 aliphatic rings. The average Bonchev–Trinajstić information content (AvgIpc) is 2.78. The fraction of sp³-hybridized carbons (Fsp3) is 0.917. The van der Waals surface area contributed by atoms with Crippen LogP contribution in [0.2, 0.25) is 0 Å². The zero-order valence-electron chi connectivity index (χ0n) is 10.1. The third-order valence-corrected chi connectivity index (χ3v) is 3.46. The van der Waals surface area contributed by atoms with Gasteiger partial charge in [0.15, 0.2) is 0 Å². The van der Waals surface area contributed by atoms with Gasteiger partial charge in [0.25, 0.3) is 0 Å². The first-order valence-electron chi connectivity index (χ1n) is 6.38. The van der Waals surface area contributed by atoms with Crippen LogP contribution in [0.25, 0.3) is 0 Å². The molecule has 2 fully saturated rings. The molecule has 0 bridgehead atoms. The highest BCUT2D eigenvalue weighted by atomic mass is 16.5. The van der Waals surface area contributed by atoms with Crippen LogP contribution in [-0.2, 0) is 9.53 Å². The Morgan fingerprint density at radius 2 is 2.44 bits per heavy atom. The smallest absolute Gasteiger partial charge is 0.222 e. The number of hydrogen-bond donors (Lipinski definition) is 1. The van der Waals surface area contributed by atoms with Crippen LogP contribution in [0, 0.1) is 0 Å². The fourth-order valence-electron chi connectivity index (χ4n) is 2.50. The quantitative estimate of drug-likeness (QED) is 0.772. The van der Waals surface area contributed by atoms with E-state index in [0.29, 0.717) is 25.0 Å². The van der Waals surface area contributed by atoms with Crippen LogP contribution in [-0.4, -0.2) is 49.2 Å². The summed E-state index contributed by atoms with van der Waals surface area (Å²) in [6.45, 7) is 5.36. The van der Waals surface area contributed by atoms with Crippen LogP contribution in [0.1, 0.15) is 32.6 Å². The maximum absolute atomic E-state index is 11.9. The number of ether oxygens (including phenoxy) is 1. The van der Waals surface area contributed by atoms with E-state index in [9.17, 15) is 4.79 Å². The molecule has 1 N–H and O–H groups in total. The van der Waals surface area contributed by atoms with Crippen LogP contribution in [0.3, 0.4) is 0 Å². The highest BCUT2D eigenvalue weighted by Crippen LogP contribution is 2.13. The van der Waals surface area contributed by atoms with E-state index in [2.05, 4.69) is 5.32 Å². The minimum Gasteiger partial charge on any atom is -0.375 e. The van der Waals surface area contributed by atoms with Crippen molar-refractivity contribution in [1.29, 1.82) is 0 Å². The zero-order valence-corrected chi connectivity index (χ0v) is 10.1. The summed E-state index contributed by atoms with van der Waals surface area (Å²) in [6, 6.07) is 0.572. The Morgan fingerprint density at radius 1 is 1.56 bits per heavy atom. The van der Waals surface area contributed by atoms with E-state index in [4.69, 9.17) is 4.74 Å². The maximum atomic E-state index is 11.9. The van der Waals surface area contributed by atoms with E-state index >= 15 is 0 Å². The number of rotatable bonds is 3. The summed E-state index contributed by atoms with van der Waals surface area (Å²) in [7, 11) is 0. The molecule has 0 aromatic rings. The maximum Gasteiger partial charge on any atom is 0.222 e. The lowest BCUT2D eigenvalue weighted by Gasteiger charge is -2.31. The SMILES string of the molecule is CC1CN(C(=O)CCC2CCCN2)CCO1. The van der Waals surface area contributed by atoms with Gasteiger partial charge in [0.2, 0.25) is 5.91 Å². The van der Waals surface area contributed by atoms with Gasteiger partial charge in [0, 0.05) is 25.6 Å². The van der Waals surface area contributed by atoms with Gasteiger partial charge in [0.1, 0.15) is 0 Å². The van der Waals surface area contributed by atoms with Gasteiger partial charge in [0.05, 0.1) is 12.7 Å². The van der Waals surface area contributed by atoms with E-state index in [-0.39, 0.29) is 6.10 Å². The molecule has 0 aliphatic carbocycles. The molecule has 2 aliphatic heterocycles. The predicted octanol–water partition coefficient (Wildman–Crippen LogP) is 0.766. The summed E-state index contributed by atoms with van der Waals surface area (Å²) < 4.78 is 5.43. The van der Waals surface area contributed by atoms with Crippen molar-refractivity contribution in [3.8, 4) is 0 Å². The predicted molar refractivity (Wildman–Crippen MR) is 62.3 cm³/mol. The molecule has 0 spiro atoms. The van der Waals surface area contributed by atoms with Crippen LogP contribution in [0.5, 0.6) is 0 Å². The molecular weight excluding hydrogens is 204 g/mol. The lowest BCUT2D eigenvalue weighted by Crippen LogP contribution is -2.44. The molecule has 92 valence electrons. The number of hydrogen-bond acceptors (Lipinski definition) is 3. The number of nitrogens with one attached hydrogen (secondary N) is 1. The monoisotopic (exact) mass is 226 g/mol. The van der Waals surface area contributed by atoms with Crippen molar-refractivity contribution in [2.75, 3.05) is 26.2 Å². The van der Waals surface area contributed by atoms with Gasteiger partial charge in [-0.15, -0.1) is 0 Å². The van der Waals surface area contributed by atoms with Crippen LogP contribution >= 0.6 is 0 Å². The van der Waals surface area contributed by atoms with Crippen molar-refractivity contribution in [2.24, 2.45) is 0 Å². The molecule has 0 aromatic heterocycles. The Labute approximate surface area is 97.3 Å². The van der Waals surface area contributed by atoms with Gasteiger partial charge < -0.3 is 15.0 Å². The Morgan fingerprint density at radius 3 is 3.12 bits per heavy atom. The minimum atomic E-state index is 0.197. The van der Waals surface area contributed by atoms with Gasteiger partial charge >= 0.3 is 0 Å². The summed E-state index contributed by atoms with van der Waals surface area (Å²) in [5, 5.41) is 3.43. The third kappa shape index (κ3) is 3.19. The molecular formula is C12H22N2O2. The lowest BCUT2D eigenvalue weighted by molar-refractivity contribution is -0.138. The second-order valence-electron chi connectivity index (χ2n) is 4.85. The van der Waals surface area contributed by atoms with Crippen molar-refractivity contribution in [3.05, 3.63) is 0 Å². The molecule has 2 rings (SSSR count). The van der Waals surface area contributed by atoms with Crippen LogP contribution in [0.4, 0.5) is 0 Å². The Balaban J connectivity index is 1.70. The number of morpholine rings is 1. The zero-order chi connectivity index (χ0) is 11.4. The first kappa shape index (κ1) is 11.9. The topological polar surface area (TPSA) is 41.6 Å². The standard InChI is InChI=1S/C12H22N2O2/c1-10-9-14(7-8-16-10)12(15)5-4-11-3-2-6-13-11/h10-11,13H,2-9H2,1H3. The molecule has 2 saturated heterocycles. The molecule has 2 heterocycles. The number of carbonyl (C=O) groups is 1. The highest BCUT2D eigenvalue weighted by Gasteiger charge is 2.22. The summed E-state index contributed by atoms with van der Waals surface area (Å²) in [5.74, 6) is 0.295. The van der Waals surface area contributed by atoms with Gasteiger partial charge in [-0.2, -0.15) is 0 Å². The summed E-state index contributed by atoms with van der Waals surface area (Å²) in [4.78, 5) is 13.9. The van der Waals surface area contributed by atoms with E-state index in [1.807, 2.05) is 11.8 Å². The average molecular weight is 226 g/mol. The molecule has 0 aromatic carbocycles. The second kappa shape index (κ2) is 5.64. The lowest BCUT2D eigenvalue weighted by atomic mass is 10.1. The van der Waals surface area contributed by atoms with Crippen molar-refractivity contribution < 1.29 is 9.53 Å². The molecule has 16 heavy (non-hydrogen) atoms. The molecule has 2 unspecified atom stereocenters. The van der Waals surface area contributed by atoms with Crippen molar-refractivity contribution >= 4 is 5.91 Å². The van der Waals surface area contributed by atoms with Gasteiger partial charge in [-0.05, 0) is 32.7 Å². The normalized spacial score (nSPS) is 30.7. The van der Waals surface area contributed by atoms with Gasteiger partial charge in [-0.1, -0.05) is 0 Å². The minimum absolute atomic E-state index is 0.197. The first-order chi connectivity index (χ1) is 7.75. The Bertz CT molecular complexity index is 239. The molecule has 0 radical (unpaired) electrons. The first-order valence-corrected chi connectivity index (χ1v) is 6.38. The fourth-order valence-corrected chi connectivity index (χ4v) is 2.50. The summed E-state index contributed by atoms with van der Waals surface area (Å²) >= 11 is 0. The summed E-state index contributed by atoms with van der Waals surface area (Å²) in [5.41, 5.74) is 0. The van der Waals surface area contributed by atoms with E-state index in [0.717, 1.165) is 26.1 Å². The van der Waals surface area contributed by atoms with Crippen LogP contribution < -0.4 is 5.32 Å². The molecule has 4 nitrogen and oxygen atoms in total. The number of carbonyl (C=O) groups excluding carboxylic acids is 1. The number of amides is 1. The van der Waals surface area contributed by atoms with Crippen molar-refractivity contribution in [1.82, 2.24) is 10.2 Å². The van der Waals surface area contributed by atoms with Gasteiger partial charge in [-0.25, -0.2) is 0 Å². The van der Waals surface area contributed by atoms with E-state index in [1.54, 1.807) is 0 Å². The van der Waals surface area contributed by atoms with E-state index in [1.165, 1.54) is 12.8 Å². The highest BCUT2D eigenvalue weighted by molar-refractivity contribution is 5.76.